The molecule has 0 radical (unpaired) electrons. The molecule has 0 aliphatic carbocycles. The van der Waals surface area contributed by atoms with Crippen molar-refractivity contribution in [2.75, 3.05) is 5.75 Å². The summed E-state index contributed by atoms with van der Waals surface area (Å²) >= 11 is 0. The van der Waals surface area contributed by atoms with Gasteiger partial charge in [0.25, 0.3) is 5.91 Å². The molecule has 0 aromatic heterocycles. The van der Waals surface area contributed by atoms with Gasteiger partial charge in [-0.05, 0) is 24.3 Å². The van der Waals surface area contributed by atoms with E-state index < -0.39 is 21.8 Å². The third kappa shape index (κ3) is 2.62. The van der Waals surface area contributed by atoms with Gasteiger partial charge in [-0.3, -0.25) is 4.79 Å². The number of aromatic hydroxyl groups is 2. The summed E-state index contributed by atoms with van der Waals surface area (Å²) < 4.78 is 22.3. The smallest absolute Gasteiger partial charge is 0.255 e. The van der Waals surface area contributed by atoms with E-state index in [1.165, 1.54) is 18.2 Å². The quantitative estimate of drug-likeness (QED) is 0.662. The van der Waals surface area contributed by atoms with Crippen molar-refractivity contribution in [3.8, 4) is 11.5 Å². The van der Waals surface area contributed by atoms with E-state index >= 15 is 0 Å². The first-order valence-corrected chi connectivity index (χ1v) is 6.83. The van der Waals surface area contributed by atoms with Gasteiger partial charge >= 0.3 is 0 Å². The number of carbonyl (C=O) groups excluding carboxylic acids is 1. The maximum absolute atomic E-state index is 11.8. The highest BCUT2D eigenvalue weighted by Gasteiger charge is 2.24. The summed E-state index contributed by atoms with van der Waals surface area (Å²) in [6, 6.07) is 2.92. The van der Waals surface area contributed by atoms with Crippen LogP contribution in [-0.2, 0) is 9.84 Å². The van der Waals surface area contributed by atoms with Crippen LogP contribution >= 0.6 is 0 Å². The molecule has 96 valence electrons. The zero-order valence-corrected chi connectivity index (χ0v) is 10.0. The zero-order chi connectivity index (χ0) is 13.3. The molecule has 1 aliphatic heterocycles. The average Bonchev–Trinajstić information content (AvgIpc) is 2.61. The van der Waals surface area contributed by atoms with Gasteiger partial charge in [-0.25, -0.2) is 8.42 Å². The Bertz CT molecular complexity index is 620. The van der Waals surface area contributed by atoms with Crippen molar-refractivity contribution in [3.05, 3.63) is 35.2 Å². The predicted octanol–water partition coefficient (Wildman–Crippen LogP) is 0.138. The van der Waals surface area contributed by atoms with Gasteiger partial charge < -0.3 is 15.5 Å². The number of carbonyl (C=O) groups is 1. The Balaban J connectivity index is 2.14. The Morgan fingerprint density at radius 3 is 2.67 bits per heavy atom. The fourth-order valence-electron chi connectivity index (χ4n) is 1.62. The summed E-state index contributed by atoms with van der Waals surface area (Å²) in [5.41, 5.74) is -0.104. The van der Waals surface area contributed by atoms with Gasteiger partial charge in [-0.2, -0.15) is 0 Å². The molecule has 0 spiro atoms. The number of benzene rings is 1. The fourth-order valence-corrected chi connectivity index (χ4v) is 2.85. The van der Waals surface area contributed by atoms with Crippen molar-refractivity contribution in [1.29, 1.82) is 0 Å². The summed E-state index contributed by atoms with van der Waals surface area (Å²) in [5, 5.41) is 22.2. The third-order valence-electron chi connectivity index (χ3n) is 2.47. The van der Waals surface area contributed by atoms with E-state index in [-0.39, 0.29) is 22.8 Å². The van der Waals surface area contributed by atoms with Crippen LogP contribution in [0.5, 0.6) is 11.5 Å². The highest BCUT2D eigenvalue weighted by Crippen LogP contribution is 2.22. The first-order chi connectivity index (χ1) is 8.37. The van der Waals surface area contributed by atoms with E-state index in [1.54, 1.807) is 0 Å². The maximum atomic E-state index is 11.8. The van der Waals surface area contributed by atoms with Crippen LogP contribution < -0.4 is 5.32 Å². The highest BCUT2D eigenvalue weighted by atomic mass is 32.2. The second kappa shape index (κ2) is 4.34. The van der Waals surface area contributed by atoms with Crippen LogP contribution in [0.25, 0.3) is 0 Å². The van der Waals surface area contributed by atoms with Gasteiger partial charge in [0.15, 0.2) is 9.84 Å². The maximum Gasteiger partial charge on any atom is 0.255 e. The Labute approximate surface area is 103 Å². The molecule has 1 aromatic carbocycles. The van der Waals surface area contributed by atoms with Gasteiger partial charge in [0.05, 0.1) is 17.4 Å². The van der Waals surface area contributed by atoms with Crippen LogP contribution in [0.4, 0.5) is 0 Å². The molecule has 1 aromatic rings. The van der Waals surface area contributed by atoms with E-state index in [0.717, 1.165) is 11.5 Å². The van der Waals surface area contributed by atoms with Gasteiger partial charge in [-0.1, -0.05) is 0 Å². The van der Waals surface area contributed by atoms with E-state index in [4.69, 9.17) is 0 Å². The molecule has 7 heteroatoms. The lowest BCUT2D eigenvalue weighted by Crippen LogP contribution is -2.35. The third-order valence-corrected chi connectivity index (χ3v) is 3.87. The van der Waals surface area contributed by atoms with Crippen molar-refractivity contribution in [2.24, 2.45) is 0 Å². The second-order valence-electron chi connectivity index (χ2n) is 3.94. The van der Waals surface area contributed by atoms with Crippen LogP contribution in [0.3, 0.4) is 0 Å². The minimum Gasteiger partial charge on any atom is -0.508 e. The molecular formula is C11H11NO5S. The van der Waals surface area contributed by atoms with E-state index in [1.807, 2.05) is 0 Å². The molecule has 0 bridgehead atoms. The van der Waals surface area contributed by atoms with Crippen molar-refractivity contribution < 1.29 is 23.4 Å². The highest BCUT2D eigenvalue weighted by molar-refractivity contribution is 7.94. The summed E-state index contributed by atoms with van der Waals surface area (Å²) in [5.74, 6) is -1.28. The van der Waals surface area contributed by atoms with E-state index in [9.17, 15) is 23.4 Å². The monoisotopic (exact) mass is 269 g/mol. The SMILES string of the molecule is O=C(NC1C=CS(=O)(=O)C1)c1cc(O)ccc1O. The molecule has 1 unspecified atom stereocenters. The van der Waals surface area contributed by atoms with Gasteiger partial charge in [-0.15, -0.1) is 0 Å². The summed E-state index contributed by atoms with van der Waals surface area (Å²) in [6.45, 7) is 0. The standard InChI is InChI=1S/C11H11NO5S/c13-8-1-2-10(14)9(5-8)11(15)12-7-3-4-18(16,17)6-7/h1-5,7,13-14H,6H2,(H,12,15). The van der Waals surface area contributed by atoms with Crippen LogP contribution in [0.2, 0.25) is 0 Å². The zero-order valence-electron chi connectivity index (χ0n) is 9.20. The van der Waals surface area contributed by atoms with Crippen molar-refractivity contribution >= 4 is 15.7 Å². The molecule has 1 atom stereocenters. The van der Waals surface area contributed by atoms with Crippen LogP contribution in [0.15, 0.2) is 29.7 Å². The number of amides is 1. The van der Waals surface area contributed by atoms with E-state index in [2.05, 4.69) is 5.32 Å². The minimum absolute atomic E-state index is 0.104. The summed E-state index contributed by atoms with van der Waals surface area (Å²) in [7, 11) is -3.25. The molecule has 18 heavy (non-hydrogen) atoms. The molecular weight excluding hydrogens is 258 g/mol. The lowest BCUT2D eigenvalue weighted by Gasteiger charge is -2.11. The van der Waals surface area contributed by atoms with Gasteiger partial charge in [0.1, 0.15) is 11.5 Å². The minimum atomic E-state index is -3.25. The lowest BCUT2D eigenvalue weighted by molar-refractivity contribution is 0.0944. The molecule has 0 fully saturated rings. The predicted molar refractivity (Wildman–Crippen MR) is 64.0 cm³/mol. The molecule has 0 saturated carbocycles. The average molecular weight is 269 g/mol. The lowest BCUT2D eigenvalue weighted by atomic mass is 10.1. The number of rotatable bonds is 2. The molecule has 6 nitrogen and oxygen atoms in total. The Morgan fingerprint density at radius 1 is 1.33 bits per heavy atom. The van der Waals surface area contributed by atoms with Gasteiger partial charge in [0, 0.05) is 5.41 Å². The Hall–Kier alpha value is -2.02. The Morgan fingerprint density at radius 2 is 2.06 bits per heavy atom. The number of nitrogens with one attached hydrogen (secondary N) is 1. The molecule has 2 rings (SSSR count). The summed E-state index contributed by atoms with van der Waals surface area (Å²) in [6.07, 6.45) is 1.37. The first-order valence-electron chi connectivity index (χ1n) is 5.11. The molecule has 3 N–H and O–H groups in total. The number of phenolic OH excluding ortho intramolecular Hbond substituents is 2. The number of phenols is 2. The van der Waals surface area contributed by atoms with Crippen molar-refractivity contribution in [2.45, 2.75) is 6.04 Å². The van der Waals surface area contributed by atoms with Crippen LogP contribution in [-0.4, -0.2) is 36.3 Å². The number of hydrogen-bond donors (Lipinski definition) is 3. The topological polar surface area (TPSA) is 104 Å². The largest absolute Gasteiger partial charge is 0.508 e. The molecule has 1 aliphatic rings. The second-order valence-corrected chi connectivity index (χ2v) is 5.87. The van der Waals surface area contributed by atoms with Gasteiger partial charge in [0.2, 0.25) is 0 Å². The van der Waals surface area contributed by atoms with Crippen LogP contribution in [0.1, 0.15) is 10.4 Å². The fraction of sp³-hybridized carbons (Fsp3) is 0.182. The molecule has 1 heterocycles. The first kappa shape index (κ1) is 12.4. The number of hydrogen-bond acceptors (Lipinski definition) is 5. The van der Waals surface area contributed by atoms with E-state index in [0.29, 0.717) is 0 Å². The van der Waals surface area contributed by atoms with Crippen LogP contribution in [0, 0.1) is 0 Å². The molecule has 1 amide bonds. The normalized spacial score (nSPS) is 20.8. The van der Waals surface area contributed by atoms with Crippen molar-refractivity contribution in [1.82, 2.24) is 5.32 Å². The van der Waals surface area contributed by atoms with Crippen molar-refractivity contribution in [3.63, 3.8) is 0 Å². The Kier molecular flexibility index (Phi) is 3.00. The summed E-state index contributed by atoms with van der Waals surface area (Å²) in [4.78, 5) is 11.8. The molecule has 0 saturated heterocycles. The number of sulfone groups is 1.